The van der Waals surface area contributed by atoms with E-state index in [1.54, 1.807) is 6.08 Å². The van der Waals surface area contributed by atoms with Gasteiger partial charge in [-0.1, -0.05) is 216 Å². The first kappa shape index (κ1) is 77.7. The molecule has 0 saturated carbocycles. The highest BCUT2D eigenvalue weighted by Crippen LogP contribution is 2.33. The number of carbonyl (C=O) groups is 1. The second-order valence-corrected chi connectivity index (χ2v) is 23.9. The van der Waals surface area contributed by atoms with Gasteiger partial charge in [0, 0.05) is 6.42 Å². The molecule has 0 aromatic heterocycles. The van der Waals surface area contributed by atoms with Crippen LogP contribution in [-0.2, 0) is 33.2 Å². The molecule has 3 fully saturated rings. The molecule has 1 amide bonds. The van der Waals surface area contributed by atoms with Gasteiger partial charge in [-0.05, 0) is 64.2 Å². The summed E-state index contributed by atoms with van der Waals surface area (Å²) in [6, 6.07) is -0.988. The third kappa shape index (κ3) is 31.5. The molecule has 3 saturated heterocycles. The SMILES string of the molecule is CCCC/C=C/CC/C=C/C(O)C(COC1OC(CO)C(OC2OC(CO)C(OC3OC(CO)C(O)C(O)C3O)C(O)C2O)C(O)C1O)NC(=O)CCCCCCCCCCCCCCCCCCCC/C=C\C/C=C\C/C=C\CCCCCCC. The fourth-order valence-electron chi connectivity index (χ4n) is 11.0. The van der Waals surface area contributed by atoms with Crippen molar-refractivity contribution in [2.75, 3.05) is 26.4 Å². The molecule has 0 aromatic rings. The van der Waals surface area contributed by atoms with E-state index in [1.165, 1.54) is 135 Å². The normalized spacial score (nSPS) is 29.2. The molecule has 12 N–H and O–H groups in total. The quantitative estimate of drug-likeness (QED) is 0.0203. The fraction of sp³-hybridized carbons (Fsp3) is 0.836. The lowest BCUT2D eigenvalue weighted by Gasteiger charge is -2.48. The monoisotopic (exact) mass is 1230 g/mol. The first-order valence-electron chi connectivity index (χ1n) is 33.5. The number of hydrogen-bond acceptors (Lipinski definition) is 18. The van der Waals surface area contributed by atoms with Crippen molar-refractivity contribution in [3.05, 3.63) is 60.8 Å². The lowest BCUT2D eigenvalue weighted by molar-refractivity contribution is -0.379. The summed E-state index contributed by atoms with van der Waals surface area (Å²) < 4.78 is 34.2. The number of amides is 1. The van der Waals surface area contributed by atoms with Crippen molar-refractivity contribution >= 4 is 5.91 Å². The lowest BCUT2D eigenvalue weighted by Crippen LogP contribution is -2.66. The number of carbonyl (C=O) groups excluding carboxylic acids is 1. The van der Waals surface area contributed by atoms with Gasteiger partial charge in [0.15, 0.2) is 18.9 Å². The van der Waals surface area contributed by atoms with Crippen LogP contribution in [0.25, 0.3) is 0 Å². The van der Waals surface area contributed by atoms with Gasteiger partial charge in [0.1, 0.15) is 73.2 Å². The van der Waals surface area contributed by atoms with Gasteiger partial charge in [0.25, 0.3) is 0 Å². The van der Waals surface area contributed by atoms with E-state index in [1.807, 2.05) is 6.08 Å². The van der Waals surface area contributed by atoms with Gasteiger partial charge < -0.3 is 89.9 Å². The van der Waals surface area contributed by atoms with Crippen molar-refractivity contribution < 1.29 is 89.4 Å². The molecule has 0 aromatic carbocycles. The standard InChI is InChI=1S/C67H119NO18/c1-3-5-7-9-11-13-14-15-16-17-18-19-20-21-22-23-24-25-26-27-28-29-30-31-32-33-34-35-36-37-39-41-43-45-55(73)68-50(51(72)44-42-40-38-12-10-8-6-4-2)49-81-65-61(79)58(76)63(53(47-70)83-65)86-67-62(80)59(77)64(54(48-71)84-67)85-66-60(78)57(75)56(74)52(46-69)82-66/h10,12,14-15,17-18,20-21,42,44,50-54,56-67,69-72,74-80H,3-9,11,13,16,19,22-41,43,45-49H2,1-2H3,(H,68,73)/b12-10+,15-14-,18-17-,21-20-,44-42+. The van der Waals surface area contributed by atoms with Crippen LogP contribution in [-0.4, -0.2) is 193 Å². The maximum atomic E-state index is 13.3. The number of ether oxygens (including phenoxy) is 6. The molecule has 86 heavy (non-hydrogen) atoms. The van der Waals surface area contributed by atoms with E-state index in [-0.39, 0.29) is 18.9 Å². The van der Waals surface area contributed by atoms with Crippen molar-refractivity contribution in [2.24, 2.45) is 0 Å². The summed E-state index contributed by atoms with van der Waals surface area (Å²) in [5.74, 6) is -0.289. The summed E-state index contributed by atoms with van der Waals surface area (Å²) in [7, 11) is 0. The lowest BCUT2D eigenvalue weighted by atomic mass is 9.96. The van der Waals surface area contributed by atoms with Gasteiger partial charge in [-0.25, -0.2) is 0 Å². The Morgan fingerprint density at radius 2 is 0.791 bits per heavy atom. The van der Waals surface area contributed by atoms with E-state index in [0.29, 0.717) is 12.8 Å². The van der Waals surface area contributed by atoms with E-state index < -0.39 is 124 Å². The minimum atomic E-state index is -1.98. The summed E-state index contributed by atoms with van der Waals surface area (Å²) >= 11 is 0. The Kier molecular flexibility index (Phi) is 44.5. The summed E-state index contributed by atoms with van der Waals surface area (Å²) in [6.45, 7) is 1.60. The number of allylic oxidation sites excluding steroid dienone is 9. The van der Waals surface area contributed by atoms with Crippen LogP contribution in [0.4, 0.5) is 0 Å². The summed E-state index contributed by atoms with van der Waals surface area (Å²) in [5.41, 5.74) is 0. The van der Waals surface area contributed by atoms with Crippen LogP contribution in [0.3, 0.4) is 0 Å². The van der Waals surface area contributed by atoms with Gasteiger partial charge in [-0.3, -0.25) is 4.79 Å². The van der Waals surface area contributed by atoms with Crippen molar-refractivity contribution in [2.45, 2.75) is 330 Å². The molecule has 17 unspecified atom stereocenters. The Balaban J connectivity index is 1.32. The molecule has 3 heterocycles. The summed E-state index contributed by atoms with van der Waals surface area (Å²) in [4.78, 5) is 13.3. The number of nitrogens with one attached hydrogen (secondary N) is 1. The van der Waals surface area contributed by atoms with Gasteiger partial charge in [-0.2, -0.15) is 0 Å². The molecule has 3 rings (SSSR count). The van der Waals surface area contributed by atoms with Crippen molar-refractivity contribution in [3.8, 4) is 0 Å². The predicted molar refractivity (Wildman–Crippen MR) is 332 cm³/mol. The van der Waals surface area contributed by atoms with Crippen molar-refractivity contribution in [1.82, 2.24) is 5.32 Å². The molecule has 3 aliphatic rings. The Morgan fingerprint density at radius 3 is 1.28 bits per heavy atom. The molecule has 0 spiro atoms. The Bertz CT molecular complexity index is 1800. The van der Waals surface area contributed by atoms with Gasteiger partial charge in [-0.15, -0.1) is 0 Å². The van der Waals surface area contributed by atoms with Gasteiger partial charge in [0.05, 0.1) is 38.6 Å². The highest BCUT2D eigenvalue weighted by atomic mass is 16.8. The number of unbranched alkanes of at least 4 members (excludes halogenated alkanes) is 26. The second kappa shape index (κ2) is 49.2. The topological polar surface area (TPSA) is 307 Å². The highest BCUT2D eigenvalue weighted by Gasteiger charge is 2.53. The van der Waals surface area contributed by atoms with Crippen LogP contribution in [0.1, 0.15) is 226 Å². The highest BCUT2D eigenvalue weighted by molar-refractivity contribution is 5.76. The second-order valence-electron chi connectivity index (χ2n) is 23.9. The average molecular weight is 1230 g/mol. The van der Waals surface area contributed by atoms with Crippen molar-refractivity contribution in [1.29, 1.82) is 0 Å². The maximum absolute atomic E-state index is 13.3. The van der Waals surface area contributed by atoms with E-state index in [2.05, 4.69) is 67.8 Å². The minimum absolute atomic E-state index is 0.234. The molecular formula is C67H119NO18. The van der Waals surface area contributed by atoms with Crippen molar-refractivity contribution in [3.63, 3.8) is 0 Å². The Labute approximate surface area is 515 Å². The molecular weight excluding hydrogens is 1110 g/mol. The number of hydrogen-bond donors (Lipinski definition) is 12. The molecule has 3 aliphatic heterocycles. The third-order valence-electron chi connectivity index (χ3n) is 16.5. The minimum Gasteiger partial charge on any atom is -0.394 e. The number of aliphatic hydroxyl groups is 11. The smallest absolute Gasteiger partial charge is 0.220 e. The largest absolute Gasteiger partial charge is 0.394 e. The van der Waals surface area contributed by atoms with Gasteiger partial charge >= 0.3 is 0 Å². The predicted octanol–water partition coefficient (Wildman–Crippen LogP) is 7.99. The Morgan fingerprint density at radius 1 is 0.419 bits per heavy atom. The molecule has 0 radical (unpaired) electrons. The fourth-order valence-corrected chi connectivity index (χ4v) is 11.0. The Hall–Kier alpha value is -2.51. The first-order valence-corrected chi connectivity index (χ1v) is 33.5. The zero-order valence-corrected chi connectivity index (χ0v) is 52.5. The van der Waals surface area contributed by atoms with Crippen LogP contribution in [0.15, 0.2) is 60.8 Å². The van der Waals surface area contributed by atoms with Crippen LogP contribution in [0.2, 0.25) is 0 Å². The summed E-state index contributed by atoms with van der Waals surface area (Å²) in [6.07, 6.45) is 32.7. The van der Waals surface area contributed by atoms with Crippen LogP contribution < -0.4 is 5.32 Å². The van der Waals surface area contributed by atoms with E-state index >= 15 is 0 Å². The maximum Gasteiger partial charge on any atom is 0.220 e. The molecule has 19 heteroatoms. The first-order chi connectivity index (χ1) is 41.8. The third-order valence-corrected chi connectivity index (χ3v) is 16.5. The van der Waals surface area contributed by atoms with Crippen LogP contribution >= 0.6 is 0 Å². The summed E-state index contributed by atoms with van der Waals surface area (Å²) in [5, 5.41) is 120. The molecule has 0 aliphatic carbocycles. The number of aliphatic hydroxyl groups excluding tert-OH is 11. The average Bonchev–Trinajstić information content (AvgIpc) is 1.41. The number of rotatable bonds is 50. The van der Waals surface area contributed by atoms with E-state index in [0.717, 1.165) is 57.8 Å². The zero-order valence-electron chi connectivity index (χ0n) is 52.5. The molecule has 17 atom stereocenters. The van der Waals surface area contributed by atoms with E-state index in [4.69, 9.17) is 28.4 Å². The zero-order chi connectivity index (χ0) is 62.6. The molecule has 0 bridgehead atoms. The molecule has 19 nitrogen and oxygen atoms in total. The van der Waals surface area contributed by atoms with Crippen LogP contribution in [0.5, 0.6) is 0 Å². The molecule has 500 valence electrons. The van der Waals surface area contributed by atoms with Gasteiger partial charge in [0.2, 0.25) is 5.91 Å². The van der Waals surface area contributed by atoms with Crippen LogP contribution in [0, 0.1) is 0 Å². The van der Waals surface area contributed by atoms with E-state index in [9.17, 15) is 61.0 Å².